The molecule has 3 heteroatoms. The molecule has 0 N–H and O–H groups in total. The molecule has 76 valence electrons. The van der Waals surface area contributed by atoms with Crippen LogP contribution in [0.5, 0.6) is 0 Å². The van der Waals surface area contributed by atoms with Crippen molar-refractivity contribution in [3.63, 3.8) is 0 Å². The molecule has 0 bridgehead atoms. The predicted molar refractivity (Wildman–Crippen MR) is 58.0 cm³/mol. The van der Waals surface area contributed by atoms with Crippen molar-refractivity contribution in [3.05, 3.63) is 42.0 Å². The minimum absolute atomic E-state index is 0.0760. The molecule has 0 radical (unpaired) electrons. The van der Waals surface area contributed by atoms with E-state index in [0.29, 0.717) is 4.90 Å². The van der Waals surface area contributed by atoms with Gasteiger partial charge in [0, 0.05) is 0 Å². The minimum Gasteiger partial charge on any atom is -0.223 e. The molecule has 0 fully saturated rings. The monoisotopic (exact) mass is 210 g/mol. The molecule has 0 heterocycles. The second kappa shape index (κ2) is 4.42. The molecule has 1 aromatic rings. The first-order valence-corrected chi connectivity index (χ1v) is 6.12. The normalized spacial score (nSPS) is 12.1. The Labute approximate surface area is 85.2 Å². The maximum absolute atomic E-state index is 11.7. The summed E-state index contributed by atoms with van der Waals surface area (Å²) >= 11 is 0. The van der Waals surface area contributed by atoms with Gasteiger partial charge in [-0.15, -0.1) is 0 Å². The fourth-order valence-electron chi connectivity index (χ4n) is 1.06. The van der Waals surface area contributed by atoms with Gasteiger partial charge >= 0.3 is 0 Å². The minimum atomic E-state index is -3.13. The molecule has 0 aliphatic heterocycles. The van der Waals surface area contributed by atoms with Crippen LogP contribution in [0, 0.1) is 6.92 Å². The molecular formula is C11H14O2S. The summed E-state index contributed by atoms with van der Waals surface area (Å²) < 4.78 is 23.3. The molecule has 0 unspecified atom stereocenters. The van der Waals surface area contributed by atoms with E-state index >= 15 is 0 Å². The molecule has 14 heavy (non-hydrogen) atoms. The Kier molecular flexibility index (Phi) is 3.47. The van der Waals surface area contributed by atoms with Crippen molar-refractivity contribution >= 4 is 9.84 Å². The molecule has 0 aromatic heterocycles. The highest BCUT2D eigenvalue weighted by Gasteiger charge is 2.10. The lowest BCUT2D eigenvalue weighted by molar-refractivity contribution is 0.599. The number of allylic oxidation sites excluding steroid dienone is 1. The van der Waals surface area contributed by atoms with Gasteiger partial charge in [-0.3, -0.25) is 0 Å². The van der Waals surface area contributed by atoms with Crippen LogP contribution in [-0.2, 0) is 9.84 Å². The van der Waals surface area contributed by atoms with Crippen LogP contribution in [0.1, 0.15) is 12.5 Å². The molecule has 0 amide bonds. The highest BCUT2D eigenvalue weighted by molar-refractivity contribution is 7.91. The van der Waals surface area contributed by atoms with Gasteiger partial charge in [-0.25, -0.2) is 8.42 Å². The van der Waals surface area contributed by atoms with Crippen LogP contribution in [0.3, 0.4) is 0 Å². The average Bonchev–Trinajstić information content (AvgIpc) is 2.16. The van der Waals surface area contributed by atoms with Gasteiger partial charge in [0.25, 0.3) is 0 Å². The second-order valence-electron chi connectivity index (χ2n) is 3.16. The lowest BCUT2D eigenvalue weighted by Gasteiger charge is -2.01. The molecule has 1 aromatic carbocycles. The molecule has 1 rings (SSSR count). The average molecular weight is 210 g/mol. The van der Waals surface area contributed by atoms with Crippen LogP contribution >= 0.6 is 0 Å². The molecule has 0 atom stereocenters. The summed E-state index contributed by atoms with van der Waals surface area (Å²) in [5.74, 6) is 0.0760. The summed E-state index contributed by atoms with van der Waals surface area (Å²) in [7, 11) is -3.13. The van der Waals surface area contributed by atoms with Crippen LogP contribution in [0.15, 0.2) is 41.3 Å². The second-order valence-corrected chi connectivity index (χ2v) is 5.20. The van der Waals surface area contributed by atoms with Crippen molar-refractivity contribution in [2.45, 2.75) is 18.7 Å². The van der Waals surface area contributed by atoms with E-state index in [1.807, 2.05) is 26.0 Å². The van der Waals surface area contributed by atoms with Gasteiger partial charge in [0.15, 0.2) is 9.84 Å². The van der Waals surface area contributed by atoms with E-state index in [9.17, 15) is 8.42 Å². The highest BCUT2D eigenvalue weighted by Crippen LogP contribution is 2.12. The Morgan fingerprint density at radius 2 is 1.79 bits per heavy atom. The fraction of sp³-hybridized carbons (Fsp3) is 0.273. The van der Waals surface area contributed by atoms with Crippen molar-refractivity contribution in [1.29, 1.82) is 0 Å². The van der Waals surface area contributed by atoms with E-state index in [1.165, 1.54) is 0 Å². The summed E-state index contributed by atoms with van der Waals surface area (Å²) in [6.45, 7) is 3.74. The van der Waals surface area contributed by atoms with Crippen molar-refractivity contribution < 1.29 is 8.42 Å². The summed E-state index contributed by atoms with van der Waals surface area (Å²) in [5.41, 5.74) is 1.06. The Morgan fingerprint density at radius 1 is 1.21 bits per heavy atom. The number of hydrogen-bond acceptors (Lipinski definition) is 2. The first-order chi connectivity index (χ1) is 6.56. The van der Waals surface area contributed by atoms with Gasteiger partial charge in [-0.1, -0.05) is 29.8 Å². The first kappa shape index (κ1) is 11.0. The van der Waals surface area contributed by atoms with E-state index in [0.717, 1.165) is 5.56 Å². The van der Waals surface area contributed by atoms with Crippen LogP contribution in [0.4, 0.5) is 0 Å². The van der Waals surface area contributed by atoms with E-state index < -0.39 is 9.84 Å². The Morgan fingerprint density at radius 3 is 2.29 bits per heavy atom. The van der Waals surface area contributed by atoms with Gasteiger partial charge in [-0.05, 0) is 26.0 Å². The van der Waals surface area contributed by atoms with Crippen LogP contribution in [0.2, 0.25) is 0 Å². The largest absolute Gasteiger partial charge is 0.223 e. The number of hydrogen-bond donors (Lipinski definition) is 0. The molecule has 0 saturated heterocycles. The number of benzene rings is 1. The molecule has 0 spiro atoms. The maximum atomic E-state index is 11.7. The van der Waals surface area contributed by atoms with E-state index in [1.54, 1.807) is 24.3 Å². The zero-order chi connectivity index (χ0) is 10.6. The van der Waals surface area contributed by atoms with Gasteiger partial charge < -0.3 is 0 Å². The van der Waals surface area contributed by atoms with Crippen molar-refractivity contribution in [3.8, 4) is 0 Å². The zero-order valence-electron chi connectivity index (χ0n) is 8.40. The van der Waals surface area contributed by atoms with Crippen LogP contribution in [0.25, 0.3) is 0 Å². The number of aryl methyl sites for hydroxylation is 1. The summed E-state index contributed by atoms with van der Waals surface area (Å²) in [4.78, 5) is 0.390. The van der Waals surface area contributed by atoms with Gasteiger partial charge in [0.2, 0.25) is 0 Å². The van der Waals surface area contributed by atoms with Gasteiger partial charge in [0.1, 0.15) is 0 Å². The lowest BCUT2D eigenvalue weighted by Crippen LogP contribution is -2.04. The predicted octanol–water partition coefficient (Wildman–Crippen LogP) is 2.34. The summed E-state index contributed by atoms with van der Waals surface area (Å²) in [6.07, 6.45) is 3.39. The fourth-order valence-corrected chi connectivity index (χ4v) is 2.25. The third kappa shape index (κ3) is 2.70. The van der Waals surface area contributed by atoms with E-state index in [2.05, 4.69) is 0 Å². The standard InChI is InChI=1S/C11H14O2S/c1-3-4-9-14(12,13)11-7-5-10(2)6-8-11/h3-8H,9H2,1-2H3. The first-order valence-electron chi connectivity index (χ1n) is 4.47. The third-order valence-corrected chi connectivity index (χ3v) is 3.55. The molecule has 0 aliphatic rings. The third-order valence-electron chi connectivity index (χ3n) is 1.93. The quantitative estimate of drug-likeness (QED) is 0.718. The summed E-state index contributed by atoms with van der Waals surface area (Å²) in [5, 5.41) is 0. The highest BCUT2D eigenvalue weighted by atomic mass is 32.2. The van der Waals surface area contributed by atoms with E-state index in [-0.39, 0.29) is 5.75 Å². The molecule has 0 saturated carbocycles. The van der Waals surface area contributed by atoms with Crippen LogP contribution in [-0.4, -0.2) is 14.2 Å². The SMILES string of the molecule is CC=CCS(=O)(=O)c1ccc(C)cc1. The smallest absolute Gasteiger partial charge is 0.181 e. The molecule has 0 aliphatic carbocycles. The lowest BCUT2D eigenvalue weighted by atomic mass is 10.2. The number of rotatable bonds is 3. The van der Waals surface area contributed by atoms with Gasteiger partial charge in [-0.2, -0.15) is 0 Å². The van der Waals surface area contributed by atoms with Gasteiger partial charge in [0.05, 0.1) is 10.6 Å². The van der Waals surface area contributed by atoms with E-state index in [4.69, 9.17) is 0 Å². The Bertz CT molecular complexity index is 413. The van der Waals surface area contributed by atoms with Crippen LogP contribution < -0.4 is 0 Å². The maximum Gasteiger partial charge on any atom is 0.181 e. The Hall–Kier alpha value is -1.09. The zero-order valence-corrected chi connectivity index (χ0v) is 9.21. The number of sulfone groups is 1. The summed E-state index contributed by atoms with van der Waals surface area (Å²) in [6, 6.07) is 6.91. The Balaban J connectivity index is 2.99. The van der Waals surface area contributed by atoms with Crippen molar-refractivity contribution in [1.82, 2.24) is 0 Å². The van der Waals surface area contributed by atoms with Crippen molar-refractivity contribution in [2.75, 3.05) is 5.75 Å². The van der Waals surface area contributed by atoms with Crippen molar-refractivity contribution in [2.24, 2.45) is 0 Å². The molecular weight excluding hydrogens is 196 g/mol. The topological polar surface area (TPSA) is 34.1 Å². The molecule has 2 nitrogen and oxygen atoms in total.